The summed E-state index contributed by atoms with van der Waals surface area (Å²) >= 11 is 0. The number of benzene rings is 2. The second kappa shape index (κ2) is 23.7. The van der Waals surface area contributed by atoms with Gasteiger partial charge in [-0.3, -0.25) is 23.9 Å². The highest BCUT2D eigenvalue weighted by molar-refractivity contribution is 7.90. The van der Waals surface area contributed by atoms with Crippen molar-refractivity contribution in [3.63, 3.8) is 0 Å². The molecule has 58 heavy (non-hydrogen) atoms. The normalized spacial score (nSPS) is 14.6. The van der Waals surface area contributed by atoms with Gasteiger partial charge in [0.15, 0.2) is 5.43 Å². The number of nitrogens with zero attached hydrogens (tertiary/aromatic N) is 1. The fourth-order valence-electron chi connectivity index (χ4n) is 5.13. The Labute approximate surface area is 343 Å². The molecule has 14 nitrogen and oxygen atoms in total. The molecule has 4 rings (SSSR count). The SMILES string of the molecule is C=CC=C[C@](C)(NC(=O)[C@@H]1CCCN1C(=O)CNC(=O)OC(C)(C)C)C(=O)NS(=O)(=O)CC.CC.CC(C)C.COc1ccc2c(=O)cc(-c3ccccc3)[nH]c2c1. The summed E-state index contributed by atoms with van der Waals surface area (Å²) in [6.07, 6.45) is 4.22. The van der Waals surface area contributed by atoms with Crippen LogP contribution < -0.4 is 25.5 Å². The van der Waals surface area contributed by atoms with Gasteiger partial charge < -0.3 is 30.0 Å². The first-order valence-corrected chi connectivity index (χ1v) is 21.0. The largest absolute Gasteiger partial charge is 0.497 e. The maximum absolute atomic E-state index is 13.0. The number of rotatable bonds is 11. The molecule has 0 spiro atoms. The van der Waals surface area contributed by atoms with Crippen molar-refractivity contribution in [3.05, 3.63) is 89.6 Å². The van der Waals surface area contributed by atoms with Crippen molar-refractivity contribution in [2.75, 3.05) is 26.0 Å². The van der Waals surface area contributed by atoms with Crippen LogP contribution in [0.2, 0.25) is 0 Å². The molecule has 0 aliphatic carbocycles. The van der Waals surface area contributed by atoms with E-state index in [-0.39, 0.29) is 17.7 Å². The van der Waals surface area contributed by atoms with Crippen LogP contribution >= 0.6 is 0 Å². The van der Waals surface area contributed by atoms with Crippen LogP contribution in [0.1, 0.15) is 82.1 Å². The number of methoxy groups -OCH3 is 1. The van der Waals surface area contributed by atoms with Crippen LogP contribution in [0.5, 0.6) is 5.75 Å². The fraction of sp³-hybridized carbons (Fsp3) is 0.465. The Morgan fingerprint density at radius 1 is 1.02 bits per heavy atom. The molecule has 1 aromatic heterocycles. The third kappa shape index (κ3) is 17.0. The number of carbonyl (C=O) groups is 4. The van der Waals surface area contributed by atoms with Gasteiger partial charge in [-0.2, -0.15) is 0 Å². The van der Waals surface area contributed by atoms with Gasteiger partial charge in [0.1, 0.15) is 29.5 Å². The molecule has 4 amide bonds. The Morgan fingerprint density at radius 2 is 1.64 bits per heavy atom. The summed E-state index contributed by atoms with van der Waals surface area (Å²) in [5, 5.41) is 5.57. The van der Waals surface area contributed by atoms with Crippen molar-refractivity contribution < 1.29 is 37.1 Å². The van der Waals surface area contributed by atoms with E-state index < -0.39 is 51.0 Å². The fourth-order valence-corrected chi connectivity index (χ4v) is 5.77. The van der Waals surface area contributed by atoms with Crippen LogP contribution in [0.3, 0.4) is 0 Å². The number of nitrogens with one attached hydrogen (secondary N) is 4. The zero-order valence-electron chi connectivity index (χ0n) is 35.9. The van der Waals surface area contributed by atoms with Crippen LogP contribution in [-0.2, 0) is 29.1 Å². The smallest absolute Gasteiger partial charge is 0.408 e. The molecule has 15 heteroatoms. The molecule has 0 radical (unpaired) electrons. The topological polar surface area (TPSA) is 193 Å². The number of allylic oxidation sites excluding steroid dienone is 2. The van der Waals surface area contributed by atoms with Crippen LogP contribution in [0.15, 0.2) is 84.2 Å². The van der Waals surface area contributed by atoms with Crippen LogP contribution in [0.25, 0.3) is 22.2 Å². The quantitative estimate of drug-likeness (QED) is 0.157. The van der Waals surface area contributed by atoms with E-state index in [1.807, 2.05) is 55.0 Å². The van der Waals surface area contributed by atoms with Crippen molar-refractivity contribution >= 4 is 44.7 Å². The number of alkyl carbamates (subject to hydrolysis) is 1. The van der Waals surface area contributed by atoms with Gasteiger partial charge in [-0.1, -0.05) is 89.8 Å². The van der Waals surface area contributed by atoms with E-state index in [9.17, 15) is 32.4 Å². The van der Waals surface area contributed by atoms with E-state index in [0.717, 1.165) is 28.4 Å². The predicted octanol–water partition coefficient (Wildman–Crippen LogP) is 6.48. The lowest BCUT2D eigenvalue weighted by molar-refractivity contribution is -0.139. The first kappa shape index (κ1) is 50.6. The van der Waals surface area contributed by atoms with Crippen LogP contribution in [0, 0.1) is 5.92 Å². The van der Waals surface area contributed by atoms with Crippen molar-refractivity contribution in [2.45, 2.75) is 99.3 Å². The molecule has 1 saturated heterocycles. The molecule has 1 aliphatic heterocycles. The lowest BCUT2D eigenvalue weighted by Crippen LogP contribution is -2.60. The maximum Gasteiger partial charge on any atom is 0.408 e. The van der Waals surface area contributed by atoms with E-state index in [1.54, 1.807) is 46.1 Å². The monoisotopic (exact) mass is 825 g/mol. The minimum atomic E-state index is -3.86. The molecule has 0 bridgehead atoms. The number of hydrogen-bond acceptors (Lipinski definition) is 9. The number of H-pyrrole nitrogens is 1. The van der Waals surface area contributed by atoms with E-state index in [4.69, 9.17) is 9.47 Å². The number of aromatic amines is 1. The highest BCUT2D eigenvalue weighted by Gasteiger charge is 2.40. The number of aromatic nitrogens is 1. The Hall–Kier alpha value is -5.44. The average Bonchev–Trinajstić information content (AvgIpc) is 3.67. The molecule has 2 heterocycles. The molecule has 0 saturated carbocycles. The summed E-state index contributed by atoms with van der Waals surface area (Å²) in [4.78, 5) is 66.8. The van der Waals surface area contributed by atoms with Gasteiger partial charge in [-0.15, -0.1) is 0 Å². The Balaban J connectivity index is 0.000000560. The zero-order valence-corrected chi connectivity index (χ0v) is 36.7. The zero-order chi connectivity index (χ0) is 44.3. The first-order chi connectivity index (χ1) is 27.1. The summed E-state index contributed by atoms with van der Waals surface area (Å²) in [5.74, 6) is -0.811. The summed E-state index contributed by atoms with van der Waals surface area (Å²) in [5.41, 5.74) is 0.162. The minimum Gasteiger partial charge on any atom is -0.497 e. The van der Waals surface area contributed by atoms with Crippen molar-refractivity contribution in [1.29, 1.82) is 0 Å². The van der Waals surface area contributed by atoms with Gasteiger partial charge in [0.2, 0.25) is 21.8 Å². The number of ether oxygens (including phenoxy) is 2. The van der Waals surface area contributed by atoms with Crippen LogP contribution in [-0.4, -0.2) is 85.3 Å². The predicted molar refractivity (Wildman–Crippen MR) is 231 cm³/mol. The lowest BCUT2D eigenvalue weighted by atomic mass is 9.99. The third-order valence-electron chi connectivity index (χ3n) is 7.83. The summed E-state index contributed by atoms with van der Waals surface area (Å²) in [7, 11) is -2.25. The third-order valence-corrected chi connectivity index (χ3v) is 9.09. The number of hydrogen-bond donors (Lipinski definition) is 4. The van der Waals surface area contributed by atoms with Gasteiger partial charge in [0.05, 0.1) is 18.4 Å². The highest BCUT2D eigenvalue weighted by atomic mass is 32.2. The van der Waals surface area contributed by atoms with Gasteiger partial charge >= 0.3 is 6.09 Å². The van der Waals surface area contributed by atoms with Gasteiger partial charge in [0.25, 0.3) is 5.91 Å². The number of fused-ring (bicyclic) bond motifs is 1. The molecule has 4 N–H and O–H groups in total. The number of pyridine rings is 1. The number of likely N-dealkylation sites (tertiary alicyclic amines) is 1. The summed E-state index contributed by atoms with van der Waals surface area (Å²) < 4.78 is 35.9. The van der Waals surface area contributed by atoms with Crippen molar-refractivity contribution in [3.8, 4) is 17.0 Å². The van der Waals surface area contributed by atoms with E-state index in [2.05, 4.69) is 43.0 Å². The van der Waals surface area contributed by atoms with Gasteiger partial charge in [-0.05, 0) is 71.1 Å². The molecule has 0 unspecified atom stereocenters. The molecular formula is C43H63N5O9S. The Kier molecular flexibility index (Phi) is 20.7. The Bertz CT molecular complexity index is 2020. The lowest BCUT2D eigenvalue weighted by Gasteiger charge is -2.30. The maximum atomic E-state index is 13.0. The molecule has 1 aliphatic rings. The van der Waals surface area contributed by atoms with Crippen molar-refractivity contribution in [2.24, 2.45) is 5.92 Å². The van der Waals surface area contributed by atoms with Crippen molar-refractivity contribution in [1.82, 2.24) is 25.2 Å². The number of carbonyl (C=O) groups excluding carboxylic acids is 4. The minimum absolute atomic E-state index is 0.00950. The Morgan fingerprint density at radius 3 is 2.19 bits per heavy atom. The van der Waals surface area contributed by atoms with Gasteiger partial charge in [0, 0.05) is 29.8 Å². The second-order valence-electron chi connectivity index (χ2n) is 14.8. The molecule has 1 fully saturated rings. The molecule has 3 aromatic rings. The second-order valence-corrected chi connectivity index (χ2v) is 16.8. The summed E-state index contributed by atoms with van der Waals surface area (Å²) in [6.45, 7) is 21.7. The van der Waals surface area contributed by atoms with E-state index in [0.29, 0.717) is 24.8 Å². The standard InChI is InChI=1S/C21H34N4O7S.C16H13NO2.C4H10.C2H6/c1-7-9-12-21(6,18(28)24-33(30,31)8-2)23-17(27)15-11-10-13-25(15)16(26)14-22-19(29)32-20(3,4)5;1-19-12-7-8-13-15(9-12)17-14(10-16(13)18)11-5-3-2-4-6-11;1-4(2)3;1-2/h7,9,12,15H,1,8,10-11,13-14H2,2-6H3,(H,22,29)(H,23,27)(H,24,28);2-10H,1H3,(H,17,18);4H,1-3H3;1-2H3/t15-,21-;;;/m0.../s1. The first-order valence-electron chi connectivity index (χ1n) is 19.3. The molecule has 2 atom stereocenters. The number of sulfonamides is 1. The molecular weight excluding hydrogens is 763 g/mol. The average molecular weight is 826 g/mol. The van der Waals surface area contributed by atoms with E-state index >= 15 is 0 Å². The van der Waals surface area contributed by atoms with Gasteiger partial charge in [-0.25, -0.2) is 13.2 Å². The van der Waals surface area contributed by atoms with E-state index in [1.165, 1.54) is 37.0 Å². The highest BCUT2D eigenvalue weighted by Crippen LogP contribution is 2.22. The summed E-state index contributed by atoms with van der Waals surface area (Å²) in [6, 6.07) is 15.9. The number of amides is 4. The van der Waals surface area contributed by atoms with Crippen LogP contribution in [0.4, 0.5) is 4.79 Å². The molecule has 320 valence electrons. The molecule has 2 aromatic carbocycles.